The van der Waals surface area contributed by atoms with Crippen LogP contribution in [0.15, 0.2) is 12.4 Å². The van der Waals surface area contributed by atoms with E-state index in [1.807, 2.05) is 6.92 Å². The summed E-state index contributed by atoms with van der Waals surface area (Å²) in [5.74, 6) is 2.60. The molecule has 1 aromatic heterocycles. The number of hydrogen-bond donors (Lipinski definition) is 1. The molecule has 4 bridgehead atoms. The van der Waals surface area contributed by atoms with Gasteiger partial charge >= 0.3 is 0 Å². The van der Waals surface area contributed by atoms with Crippen molar-refractivity contribution in [1.29, 1.82) is 0 Å². The Kier molecular flexibility index (Phi) is 3.07. The Morgan fingerprint density at radius 3 is 2.38 bits per heavy atom. The van der Waals surface area contributed by atoms with Gasteiger partial charge in [0.2, 0.25) is 5.91 Å². The molecule has 1 atom stereocenters. The Hall–Kier alpha value is -1.03. The Morgan fingerprint density at radius 1 is 1.33 bits per heavy atom. The van der Waals surface area contributed by atoms with Crippen LogP contribution in [0.5, 0.6) is 0 Å². The quantitative estimate of drug-likeness (QED) is 0.932. The van der Waals surface area contributed by atoms with Crippen LogP contribution in [0.2, 0.25) is 5.02 Å². The van der Waals surface area contributed by atoms with Gasteiger partial charge in [-0.3, -0.25) is 9.48 Å². The van der Waals surface area contributed by atoms with Gasteiger partial charge in [-0.2, -0.15) is 5.10 Å². The van der Waals surface area contributed by atoms with Gasteiger partial charge in [0.1, 0.15) is 6.04 Å². The average molecular weight is 308 g/mol. The molecule has 1 heterocycles. The Morgan fingerprint density at radius 2 is 1.90 bits per heavy atom. The molecule has 5 heteroatoms. The van der Waals surface area contributed by atoms with Crippen molar-refractivity contribution in [1.82, 2.24) is 15.1 Å². The van der Waals surface area contributed by atoms with Crippen molar-refractivity contribution in [2.45, 2.75) is 57.0 Å². The van der Waals surface area contributed by atoms with Crippen LogP contribution >= 0.6 is 11.6 Å². The van der Waals surface area contributed by atoms with Crippen LogP contribution in [0.3, 0.4) is 0 Å². The summed E-state index contributed by atoms with van der Waals surface area (Å²) < 4.78 is 1.65. The van der Waals surface area contributed by atoms with Crippen molar-refractivity contribution in [3.63, 3.8) is 0 Å². The molecule has 4 fully saturated rings. The maximum atomic E-state index is 12.6. The highest BCUT2D eigenvalue weighted by Gasteiger charge is 2.51. The molecule has 0 aromatic carbocycles. The Balaban J connectivity index is 1.49. The lowest BCUT2D eigenvalue weighted by Gasteiger charge is -2.57. The summed E-state index contributed by atoms with van der Waals surface area (Å²) in [4.78, 5) is 12.6. The molecular formula is C16H22ClN3O. The summed E-state index contributed by atoms with van der Waals surface area (Å²) in [6.45, 7) is 1.89. The van der Waals surface area contributed by atoms with E-state index in [4.69, 9.17) is 11.6 Å². The average Bonchev–Trinajstić information content (AvgIpc) is 2.82. The third-order valence-corrected chi connectivity index (χ3v) is 5.97. The number of nitrogens with one attached hydrogen (secondary N) is 1. The Bertz CT molecular complexity index is 532. The predicted molar refractivity (Wildman–Crippen MR) is 81.0 cm³/mol. The molecule has 1 amide bonds. The normalized spacial score (nSPS) is 38.5. The molecule has 4 aliphatic carbocycles. The topological polar surface area (TPSA) is 46.9 Å². The van der Waals surface area contributed by atoms with Gasteiger partial charge in [0.15, 0.2) is 0 Å². The monoisotopic (exact) mass is 307 g/mol. The summed E-state index contributed by atoms with van der Waals surface area (Å²) in [5, 5.41) is 8.12. The summed E-state index contributed by atoms with van der Waals surface area (Å²) in [5.41, 5.74) is 0.0665. The highest BCUT2D eigenvalue weighted by atomic mass is 35.5. The SMILES string of the molecule is CC(C(=O)NC12CC3CC(CC(C3)C1)C2)n1cc(Cl)cn1. The van der Waals surface area contributed by atoms with Crippen LogP contribution in [-0.2, 0) is 4.79 Å². The van der Waals surface area contributed by atoms with Gasteiger partial charge in [-0.1, -0.05) is 11.6 Å². The molecule has 1 unspecified atom stereocenters. The lowest BCUT2D eigenvalue weighted by molar-refractivity contribution is -0.129. The number of aromatic nitrogens is 2. The number of rotatable bonds is 3. The number of nitrogens with zero attached hydrogens (tertiary/aromatic N) is 2. The van der Waals surface area contributed by atoms with Gasteiger partial charge in [0.05, 0.1) is 11.2 Å². The molecule has 1 aromatic rings. The van der Waals surface area contributed by atoms with E-state index in [1.165, 1.54) is 38.5 Å². The summed E-state index contributed by atoms with van der Waals surface area (Å²) in [7, 11) is 0. The van der Waals surface area contributed by atoms with E-state index >= 15 is 0 Å². The van der Waals surface area contributed by atoms with Crippen LogP contribution in [0.4, 0.5) is 0 Å². The number of hydrogen-bond acceptors (Lipinski definition) is 2. The first-order chi connectivity index (χ1) is 10.0. The van der Waals surface area contributed by atoms with E-state index in [9.17, 15) is 4.79 Å². The first-order valence-corrected chi connectivity index (χ1v) is 8.42. The van der Waals surface area contributed by atoms with Crippen LogP contribution < -0.4 is 5.32 Å². The molecule has 4 aliphatic rings. The lowest BCUT2D eigenvalue weighted by atomic mass is 9.53. The van der Waals surface area contributed by atoms with Gasteiger partial charge in [0.25, 0.3) is 0 Å². The highest BCUT2D eigenvalue weighted by Crippen LogP contribution is 2.55. The van der Waals surface area contributed by atoms with Gasteiger partial charge < -0.3 is 5.32 Å². The van der Waals surface area contributed by atoms with Crippen molar-refractivity contribution in [3.05, 3.63) is 17.4 Å². The van der Waals surface area contributed by atoms with E-state index in [0.29, 0.717) is 5.02 Å². The molecule has 21 heavy (non-hydrogen) atoms. The minimum atomic E-state index is -0.300. The van der Waals surface area contributed by atoms with Gasteiger partial charge in [-0.15, -0.1) is 0 Å². The third kappa shape index (κ3) is 2.37. The second-order valence-electron chi connectivity index (χ2n) is 7.50. The van der Waals surface area contributed by atoms with Gasteiger partial charge in [0, 0.05) is 11.7 Å². The number of carbonyl (C=O) groups is 1. The maximum Gasteiger partial charge on any atom is 0.245 e. The first-order valence-electron chi connectivity index (χ1n) is 8.05. The molecule has 0 aliphatic heterocycles. The molecule has 0 spiro atoms. The predicted octanol–water partition coefficient (Wildman–Crippen LogP) is 3.18. The standard InChI is InChI=1S/C16H22ClN3O/c1-10(20-9-14(17)8-18-20)15(21)19-16-5-11-2-12(6-16)4-13(3-11)7-16/h8-13H,2-7H2,1H3,(H,19,21). The third-order valence-electron chi connectivity index (χ3n) is 5.77. The molecule has 1 N–H and O–H groups in total. The molecule has 5 rings (SSSR count). The summed E-state index contributed by atoms with van der Waals surface area (Å²) in [6.07, 6.45) is 11.0. The number of carbonyl (C=O) groups excluding carboxylic acids is 1. The zero-order chi connectivity index (χ0) is 14.6. The second kappa shape index (κ2) is 4.73. The van der Waals surface area contributed by atoms with Crippen LogP contribution in [0, 0.1) is 17.8 Å². The molecule has 4 saturated carbocycles. The number of amides is 1. The van der Waals surface area contributed by atoms with Gasteiger partial charge in [-0.05, 0) is 63.2 Å². The van der Waals surface area contributed by atoms with E-state index in [-0.39, 0.29) is 17.5 Å². The minimum Gasteiger partial charge on any atom is -0.349 e. The zero-order valence-corrected chi connectivity index (χ0v) is 13.1. The molecular weight excluding hydrogens is 286 g/mol. The van der Waals surface area contributed by atoms with Crippen molar-refractivity contribution >= 4 is 17.5 Å². The fraction of sp³-hybridized carbons (Fsp3) is 0.750. The zero-order valence-electron chi connectivity index (χ0n) is 12.4. The molecule has 0 radical (unpaired) electrons. The summed E-state index contributed by atoms with van der Waals surface area (Å²) >= 11 is 5.89. The smallest absolute Gasteiger partial charge is 0.245 e. The van der Waals surface area contributed by atoms with Crippen molar-refractivity contribution in [2.24, 2.45) is 17.8 Å². The fourth-order valence-corrected chi connectivity index (χ4v) is 5.42. The number of halogens is 1. The molecule has 114 valence electrons. The second-order valence-corrected chi connectivity index (χ2v) is 7.94. The van der Waals surface area contributed by atoms with Crippen molar-refractivity contribution in [2.75, 3.05) is 0 Å². The van der Waals surface area contributed by atoms with E-state index < -0.39 is 0 Å². The van der Waals surface area contributed by atoms with Gasteiger partial charge in [-0.25, -0.2) is 0 Å². The van der Waals surface area contributed by atoms with Crippen LogP contribution in [-0.4, -0.2) is 21.2 Å². The van der Waals surface area contributed by atoms with E-state index in [0.717, 1.165) is 17.8 Å². The largest absolute Gasteiger partial charge is 0.349 e. The van der Waals surface area contributed by atoms with Crippen molar-refractivity contribution in [3.8, 4) is 0 Å². The lowest BCUT2D eigenvalue weighted by Crippen LogP contribution is -2.60. The molecule has 4 nitrogen and oxygen atoms in total. The fourth-order valence-electron chi connectivity index (χ4n) is 5.28. The molecule has 0 saturated heterocycles. The van der Waals surface area contributed by atoms with Crippen LogP contribution in [0.25, 0.3) is 0 Å². The minimum absolute atomic E-state index is 0.0665. The van der Waals surface area contributed by atoms with E-state index in [1.54, 1.807) is 17.1 Å². The first kappa shape index (κ1) is 13.6. The van der Waals surface area contributed by atoms with Crippen LogP contribution in [0.1, 0.15) is 51.5 Å². The maximum absolute atomic E-state index is 12.6. The van der Waals surface area contributed by atoms with E-state index in [2.05, 4.69) is 10.4 Å². The Labute approximate surface area is 130 Å². The highest BCUT2D eigenvalue weighted by molar-refractivity contribution is 6.30. The van der Waals surface area contributed by atoms with Crippen molar-refractivity contribution < 1.29 is 4.79 Å². The summed E-state index contributed by atoms with van der Waals surface area (Å²) in [6, 6.07) is -0.300.